The van der Waals surface area contributed by atoms with Crippen molar-refractivity contribution in [3.63, 3.8) is 0 Å². The number of methoxy groups -OCH3 is 1. The number of carbonyl (C=O) groups excluding carboxylic acids is 3. The van der Waals surface area contributed by atoms with Gasteiger partial charge in [-0.3, -0.25) is 9.59 Å². The maximum atomic E-state index is 14.4. The van der Waals surface area contributed by atoms with Gasteiger partial charge in [-0.25, -0.2) is 19.6 Å². The van der Waals surface area contributed by atoms with Crippen LogP contribution in [-0.2, 0) is 19.1 Å². The lowest BCUT2D eigenvalue weighted by Crippen LogP contribution is -2.56. The summed E-state index contributed by atoms with van der Waals surface area (Å²) in [6.07, 6.45) is 2.04. The summed E-state index contributed by atoms with van der Waals surface area (Å²) in [7, 11) is 1.52. The van der Waals surface area contributed by atoms with Crippen LogP contribution in [0.2, 0.25) is 5.02 Å². The molecule has 1 unspecified atom stereocenters. The molecule has 8 atom stereocenters. The van der Waals surface area contributed by atoms with Crippen LogP contribution in [0, 0.1) is 17.8 Å². The number of amides is 3. The molecule has 54 heavy (non-hydrogen) atoms. The number of benzene rings is 1. The van der Waals surface area contributed by atoms with Crippen molar-refractivity contribution in [1.29, 1.82) is 0 Å². The number of aliphatic carboxylic acids is 1. The van der Waals surface area contributed by atoms with Crippen molar-refractivity contribution in [2.24, 2.45) is 17.8 Å². The predicted octanol–water partition coefficient (Wildman–Crippen LogP) is 6.33. The van der Waals surface area contributed by atoms with Crippen molar-refractivity contribution in [3.8, 4) is 22.2 Å². The number of alkyl carbamates (subject to hydrolysis) is 1. The number of fused-ring (bicyclic) bond motifs is 2. The molecule has 1 aliphatic heterocycles. The van der Waals surface area contributed by atoms with E-state index in [1.807, 2.05) is 12.3 Å². The van der Waals surface area contributed by atoms with Crippen LogP contribution in [0.5, 0.6) is 11.5 Å². The number of rotatable bonds is 13. The van der Waals surface area contributed by atoms with Crippen LogP contribution in [0.3, 0.4) is 0 Å². The Balaban J connectivity index is 1.19. The minimum Gasteiger partial charge on any atom is -0.495 e. The molecule has 0 radical (unpaired) electrons. The number of aromatic nitrogens is 2. The van der Waals surface area contributed by atoms with Crippen molar-refractivity contribution in [1.82, 2.24) is 25.5 Å². The lowest BCUT2D eigenvalue weighted by atomic mass is 10.1. The maximum absolute atomic E-state index is 14.4. The molecule has 1 saturated heterocycles. The van der Waals surface area contributed by atoms with Gasteiger partial charge in [-0.1, -0.05) is 45.4 Å². The summed E-state index contributed by atoms with van der Waals surface area (Å²) in [5.74, 6) is -0.313. The number of hydrogen-bond acceptors (Lipinski definition) is 10. The summed E-state index contributed by atoms with van der Waals surface area (Å²) >= 11 is 8.24. The number of nitrogens with zero attached hydrogens (tertiary/aromatic N) is 3. The van der Waals surface area contributed by atoms with Gasteiger partial charge in [0.1, 0.15) is 57.1 Å². The van der Waals surface area contributed by atoms with Crippen LogP contribution < -0.4 is 20.1 Å². The Morgan fingerprint density at radius 2 is 1.85 bits per heavy atom. The molecule has 288 valence electrons. The summed E-state index contributed by atoms with van der Waals surface area (Å²) in [5, 5.41) is 19.1. The van der Waals surface area contributed by atoms with Gasteiger partial charge in [0.15, 0.2) is 0 Å². The van der Waals surface area contributed by atoms with Gasteiger partial charge in [0.2, 0.25) is 11.8 Å². The molecule has 3 heterocycles. The van der Waals surface area contributed by atoms with Crippen LogP contribution in [0.15, 0.2) is 35.7 Å². The lowest BCUT2D eigenvalue weighted by Gasteiger charge is -2.29. The van der Waals surface area contributed by atoms with E-state index in [2.05, 4.69) is 31.1 Å². The predicted molar refractivity (Wildman–Crippen MR) is 203 cm³/mol. The largest absolute Gasteiger partial charge is 0.495 e. The first-order valence-electron chi connectivity index (χ1n) is 18.5. The normalized spacial score (nSPS) is 27.3. The van der Waals surface area contributed by atoms with E-state index in [9.17, 15) is 24.3 Å². The molecule has 1 aromatic carbocycles. The van der Waals surface area contributed by atoms with Gasteiger partial charge in [0.25, 0.3) is 0 Å². The van der Waals surface area contributed by atoms with E-state index < -0.39 is 47.6 Å². The first-order chi connectivity index (χ1) is 25.7. The number of carbonyl (C=O) groups is 4. The molecular formula is C39H46ClN5O8S. The zero-order valence-electron chi connectivity index (χ0n) is 31.0. The average molecular weight is 780 g/mol. The number of nitrogens with one attached hydrogen (secondary N) is 2. The summed E-state index contributed by atoms with van der Waals surface area (Å²) in [6.45, 7) is 11.5. The van der Waals surface area contributed by atoms with Crippen LogP contribution >= 0.6 is 22.9 Å². The third-order valence-corrected chi connectivity index (χ3v) is 12.6. The van der Waals surface area contributed by atoms with Crippen LogP contribution in [0.4, 0.5) is 4.79 Å². The third kappa shape index (κ3) is 7.22. The van der Waals surface area contributed by atoms with Gasteiger partial charge < -0.3 is 34.9 Å². The molecule has 3 aliphatic carbocycles. The topological polar surface area (TPSA) is 169 Å². The molecule has 0 spiro atoms. The highest BCUT2D eigenvalue weighted by Crippen LogP contribution is 2.52. The summed E-state index contributed by atoms with van der Waals surface area (Å²) in [6, 6.07) is 2.96. The average Bonchev–Trinajstić information content (AvgIpc) is 3.77. The van der Waals surface area contributed by atoms with E-state index in [1.54, 1.807) is 25.1 Å². The minimum absolute atomic E-state index is 0.0417. The van der Waals surface area contributed by atoms with Gasteiger partial charge in [-0.2, -0.15) is 0 Å². The lowest BCUT2D eigenvalue weighted by molar-refractivity contribution is -0.145. The first kappa shape index (κ1) is 37.9. The van der Waals surface area contributed by atoms with Crippen molar-refractivity contribution < 1.29 is 38.5 Å². The number of carboxylic acid groups (broad SMARTS) is 1. The highest BCUT2D eigenvalue weighted by atomic mass is 35.5. The van der Waals surface area contributed by atoms with Crippen molar-refractivity contribution >= 4 is 57.7 Å². The summed E-state index contributed by atoms with van der Waals surface area (Å²) < 4.78 is 17.8. The van der Waals surface area contributed by atoms with E-state index in [-0.39, 0.29) is 35.9 Å². The van der Waals surface area contributed by atoms with Crippen molar-refractivity contribution in [2.45, 2.75) is 102 Å². The van der Waals surface area contributed by atoms with Crippen LogP contribution in [0.25, 0.3) is 21.6 Å². The Morgan fingerprint density at radius 1 is 1.11 bits per heavy atom. The van der Waals surface area contributed by atoms with E-state index in [0.717, 1.165) is 18.5 Å². The second kappa shape index (κ2) is 14.7. The molecule has 15 heteroatoms. The Morgan fingerprint density at radius 3 is 2.46 bits per heavy atom. The van der Waals surface area contributed by atoms with Crippen LogP contribution in [0.1, 0.15) is 77.8 Å². The van der Waals surface area contributed by atoms with Gasteiger partial charge in [0.05, 0.1) is 24.9 Å². The highest BCUT2D eigenvalue weighted by Gasteiger charge is 2.61. The Hall–Kier alpha value is -4.43. The fourth-order valence-corrected chi connectivity index (χ4v) is 9.24. The number of thiazole rings is 1. The zero-order valence-corrected chi connectivity index (χ0v) is 32.6. The second-order valence-electron chi connectivity index (χ2n) is 15.5. The van der Waals surface area contributed by atoms with E-state index in [0.29, 0.717) is 63.4 Å². The van der Waals surface area contributed by atoms with Gasteiger partial charge in [0, 0.05) is 23.3 Å². The standard InChI is InChI=1S/C39H46ClN5O8S/c1-7-22-15-39(22,37(48)49)44-34(46)28-13-24(16-45(28)36(47)32(19(4)5)43-38(50)53-23-11-20-10-21(20)12-23)52-30-14-26(35-42-27(17-54-35)18(2)3)41-33-25(30)8-9-29(51-6)31(33)40/h8-9,14,17-18,20-24,28,32H,4,7,10-13,15-16H2,1-3,5-6H3,(H,43,50)(H,44,46)(H,48,49)/t20-,21+,22-,23?,24-,28+,32+,39-/m1/s1. The Bertz CT molecular complexity index is 2010. The monoisotopic (exact) mass is 779 g/mol. The Kier molecular flexibility index (Phi) is 10.3. The molecule has 13 nitrogen and oxygen atoms in total. The SMILES string of the molecule is C=C(C)[C@H](NC(=O)OC1C[C@@H]2C[C@@H]2C1)C(=O)N1C[C@H](Oc2cc(-c3nc(C(C)C)cs3)nc3c(Cl)c(OC)ccc23)C[C@H]1C(=O)N[C@]1(C(=O)O)C[C@H]1CC. The summed E-state index contributed by atoms with van der Waals surface area (Å²) in [4.78, 5) is 64.9. The second-order valence-corrected chi connectivity index (χ2v) is 16.7. The molecule has 3 saturated carbocycles. The molecule has 4 aliphatic rings. The number of pyridine rings is 1. The Labute approximate surface area is 322 Å². The van der Waals surface area contributed by atoms with Gasteiger partial charge >= 0.3 is 12.1 Å². The van der Waals surface area contributed by atoms with Gasteiger partial charge in [-0.15, -0.1) is 11.3 Å². The van der Waals surface area contributed by atoms with Crippen LogP contribution in [-0.4, -0.2) is 87.3 Å². The fourth-order valence-electron chi connectivity index (χ4n) is 8.01. The number of halogens is 1. The molecular weight excluding hydrogens is 734 g/mol. The zero-order chi connectivity index (χ0) is 38.6. The first-order valence-corrected chi connectivity index (χ1v) is 19.8. The molecule has 7 rings (SSSR count). The van der Waals surface area contributed by atoms with E-state index >= 15 is 0 Å². The van der Waals surface area contributed by atoms with Crippen molar-refractivity contribution in [3.05, 3.63) is 46.4 Å². The van der Waals surface area contributed by atoms with Gasteiger partial charge in [-0.05, 0) is 74.0 Å². The highest BCUT2D eigenvalue weighted by molar-refractivity contribution is 7.13. The summed E-state index contributed by atoms with van der Waals surface area (Å²) in [5.41, 5.74) is 0.808. The molecule has 4 fully saturated rings. The molecule has 3 aromatic rings. The molecule has 2 aromatic heterocycles. The molecule has 3 N–H and O–H groups in total. The maximum Gasteiger partial charge on any atom is 0.408 e. The molecule has 3 amide bonds. The smallest absolute Gasteiger partial charge is 0.408 e. The van der Waals surface area contributed by atoms with Crippen molar-refractivity contribution in [2.75, 3.05) is 13.7 Å². The molecule has 0 bridgehead atoms. The third-order valence-electron chi connectivity index (χ3n) is 11.3. The quantitative estimate of drug-likeness (QED) is 0.167. The van der Waals surface area contributed by atoms with E-state index in [4.69, 9.17) is 35.8 Å². The number of likely N-dealkylation sites (tertiary alicyclic amines) is 1. The fraction of sp³-hybridized carbons (Fsp3) is 0.538. The van der Waals surface area contributed by atoms with E-state index in [1.165, 1.54) is 29.8 Å². The number of ether oxygens (including phenoxy) is 3. The number of carboxylic acids is 1. The minimum atomic E-state index is -1.41. The number of hydrogen-bond donors (Lipinski definition) is 3.